The first-order chi connectivity index (χ1) is 8.85. The summed E-state index contributed by atoms with van der Waals surface area (Å²) in [4.78, 5) is 13.8. The third-order valence-corrected chi connectivity index (χ3v) is 3.78. The van der Waals surface area contributed by atoms with E-state index in [9.17, 15) is 4.79 Å². The molecule has 1 heterocycles. The number of rotatable bonds is 4. The fourth-order valence-corrected chi connectivity index (χ4v) is 2.41. The van der Waals surface area contributed by atoms with Crippen molar-refractivity contribution in [3.05, 3.63) is 29.3 Å². The molecule has 0 aromatic heterocycles. The van der Waals surface area contributed by atoms with E-state index in [4.69, 9.17) is 11.5 Å². The lowest BCUT2D eigenvalue weighted by Gasteiger charge is -2.25. The zero-order valence-electron chi connectivity index (χ0n) is 11.9. The lowest BCUT2D eigenvalue weighted by Crippen LogP contribution is -2.37. The van der Waals surface area contributed by atoms with Crippen molar-refractivity contribution in [2.24, 2.45) is 11.5 Å². The van der Waals surface area contributed by atoms with Crippen molar-refractivity contribution < 1.29 is 4.79 Å². The molecule has 1 aromatic rings. The highest BCUT2D eigenvalue weighted by Gasteiger charge is 2.29. The fraction of sp³-hybridized carbons (Fsp3) is 0.533. The number of anilines is 1. The van der Waals surface area contributed by atoms with E-state index in [2.05, 4.69) is 26.0 Å². The molecule has 0 saturated heterocycles. The Hall–Kier alpha value is -1.39. The van der Waals surface area contributed by atoms with E-state index in [-0.39, 0.29) is 17.4 Å². The van der Waals surface area contributed by atoms with E-state index in [1.807, 2.05) is 13.0 Å². The van der Waals surface area contributed by atoms with E-state index >= 15 is 0 Å². The standard InChI is InChI=1S/C15H23N3O/c1-10(17)8-18-13-5-4-12(15(2,3)9-16)6-11(13)7-14(18)19/h4-6,10H,7-9,16-17H2,1-3H3. The molecule has 4 heteroatoms. The molecule has 1 atom stereocenters. The summed E-state index contributed by atoms with van der Waals surface area (Å²) in [6.45, 7) is 7.31. The molecule has 4 nitrogen and oxygen atoms in total. The van der Waals surface area contributed by atoms with E-state index in [1.54, 1.807) is 4.90 Å². The number of benzene rings is 1. The van der Waals surface area contributed by atoms with Crippen LogP contribution in [0.25, 0.3) is 0 Å². The molecule has 4 N–H and O–H groups in total. The minimum absolute atomic E-state index is 0.0185. The Morgan fingerprint density at radius 2 is 2.11 bits per heavy atom. The van der Waals surface area contributed by atoms with Crippen LogP contribution in [0.2, 0.25) is 0 Å². The van der Waals surface area contributed by atoms with Gasteiger partial charge in [-0.1, -0.05) is 26.0 Å². The average molecular weight is 261 g/mol. The zero-order chi connectivity index (χ0) is 14.2. The first kappa shape index (κ1) is 14.0. The lowest BCUT2D eigenvalue weighted by molar-refractivity contribution is -0.117. The molecule has 0 aliphatic carbocycles. The summed E-state index contributed by atoms with van der Waals surface area (Å²) >= 11 is 0. The Kier molecular flexibility index (Phi) is 3.65. The first-order valence-corrected chi connectivity index (χ1v) is 6.74. The van der Waals surface area contributed by atoms with Crippen molar-refractivity contribution in [2.45, 2.75) is 38.6 Å². The number of carbonyl (C=O) groups is 1. The third-order valence-electron chi connectivity index (χ3n) is 3.78. The molecule has 1 aromatic carbocycles. The van der Waals surface area contributed by atoms with E-state index < -0.39 is 0 Å². The molecule has 0 fully saturated rings. The summed E-state index contributed by atoms with van der Waals surface area (Å²) in [6.07, 6.45) is 0.469. The first-order valence-electron chi connectivity index (χ1n) is 6.74. The monoisotopic (exact) mass is 261 g/mol. The van der Waals surface area contributed by atoms with Crippen molar-refractivity contribution in [1.82, 2.24) is 0 Å². The highest BCUT2D eigenvalue weighted by molar-refractivity contribution is 6.01. The molecule has 1 unspecified atom stereocenters. The van der Waals surface area contributed by atoms with E-state index in [0.29, 0.717) is 19.5 Å². The minimum atomic E-state index is -0.0628. The van der Waals surface area contributed by atoms with Gasteiger partial charge in [-0.25, -0.2) is 0 Å². The Morgan fingerprint density at radius 3 is 2.68 bits per heavy atom. The van der Waals surface area contributed by atoms with Crippen LogP contribution >= 0.6 is 0 Å². The fourth-order valence-electron chi connectivity index (χ4n) is 2.41. The number of amides is 1. The predicted molar refractivity (Wildman–Crippen MR) is 78.2 cm³/mol. The Bertz CT molecular complexity index is 494. The van der Waals surface area contributed by atoms with Crippen molar-refractivity contribution >= 4 is 11.6 Å². The summed E-state index contributed by atoms with van der Waals surface area (Å²) in [5.74, 6) is 0.134. The number of hydrogen-bond acceptors (Lipinski definition) is 3. The Labute approximate surface area is 114 Å². The second-order valence-corrected chi connectivity index (χ2v) is 6.09. The summed E-state index contributed by atoms with van der Waals surface area (Å²) in [5, 5.41) is 0. The second kappa shape index (κ2) is 4.94. The van der Waals surface area contributed by atoms with Crippen molar-refractivity contribution in [3.8, 4) is 0 Å². The molecule has 1 aliphatic heterocycles. The highest BCUT2D eigenvalue weighted by Crippen LogP contribution is 2.33. The topological polar surface area (TPSA) is 72.3 Å². The van der Waals surface area contributed by atoms with Crippen LogP contribution < -0.4 is 16.4 Å². The number of nitrogens with two attached hydrogens (primary N) is 2. The molecular formula is C15H23N3O. The largest absolute Gasteiger partial charge is 0.330 e. The maximum Gasteiger partial charge on any atom is 0.231 e. The van der Waals surface area contributed by atoms with Gasteiger partial charge in [-0.3, -0.25) is 4.79 Å². The van der Waals surface area contributed by atoms with Gasteiger partial charge in [0.25, 0.3) is 0 Å². The molecule has 104 valence electrons. The van der Waals surface area contributed by atoms with Crippen LogP contribution in [0, 0.1) is 0 Å². The number of carbonyl (C=O) groups excluding carboxylic acids is 1. The van der Waals surface area contributed by atoms with Gasteiger partial charge in [-0.05, 0) is 24.1 Å². The smallest absolute Gasteiger partial charge is 0.231 e. The van der Waals surface area contributed by atoms with Gasteiger partial charge in [-0.2, -0.15) is 0 Å². The SMILES string of the molecule is CC(N)CN1C(=O)Cc2cc(C(C)(C)CN)ccc21. The minimum Gasteiger partial charge on any atom is -0.330 e. The van der Waals surface area contributed by atoms with Gasteiger partial charge in [0.15, 0.2) is 0 Å². The predicted octanol–water partition coefficient (Wildman–Crippen LogP) is 1.16. The van der Waals surface area contributed by atoms with Crippen LogP contribution in [0.4, 0.5) is 5.69 Å². The van der Waals surface area contributed by atoms with Crippen LogP contribution in [0.5, 0.6) is 0 Å². The number of fused-ring (bicyclic) bond motifs is 1. The number of nitrogens with zero attached hydrogens (tertiary/aromatic N) is 1. The maximum absolute atomic E-state index is 12.0. The molecule has 0 bridgehead atoms. The summed E-state index contributed by atoms with van der Waals surface area (Å²) in [5.41, 5.74) is 14.8. The maximum atomic E-state index is 12.0. The summed E-state index contributed by atoms with van der Waals surface area (Å²) in [6, 6.07) is 6.19. The quantitative estimate of drug-likeness (QED) is 0.854. The van der Waals surface area contributed by atoms with E-state index in [1.165, 1.54) is 5.56 Å². The van der Waals surface area contributed by atoms with Crippen molar-refractivity contribution in [2.75, 3.05) is 18.0 Å². The summed E-state index contributed by atoms with van der Waals surface area (Å²) < 4.78 is 0. The van der Waals surface area contributed by atoms with E-state index in [0.717, 1.165) is 11.3 Å². The van der Waals surface area contributed by atoms with Crippen LogP contribution in [-0.4, -0.2) is 25.0 Å². The summed E-state index contributed by atoms with van der Waals surface area (Å²) in [7, 11) is 0. The second-order valence-electron chi connectivity index (χ2n) is 6.09. The van der Waals surface area contributed by atoms with Gasteiger partial charge in [0.2, 0.25) is 5.91 Å². The molecular weight excluding hydrogens is 238 g/mol. The molecule has 0 radical (unpaired) electrons. The molecule has 2 rings (SSSR count). The molecule has 19 heavy (non-hydrogen) atoms. The van der Waals surface area contributed by atoms with Gasteiger partial charge < -0.3 is 16.4 Å². The van der Waals surface area contributed by atoms with Gasteiger partial charge >= 0.3 is 0 Å². The molecule has 1 amide bonds. The van der Waals surface area contributed by atoms with Crippen LogP contribution in [0.3, 0.4) is 0 Å². The van der Waals surface area contributed by atoms with Crippen LogP contribution in [0.1, 0.15) is 31.9 Å². The third kappa shape index (κ3) is 2.65. The van der Waals surface area contributed by atoms with Gasteiger partial charge in [-0.15, -0.1) is 0 Å². The zero-order valence-corrected chi connectivity index (χ0v) is 11.9. The number of hydrogen-bond donors (Lipinski definition) is 2. The van der Waals surface area contributed by atoms with Crippen LogP contribution in [0.15, 0.2) is 18.2 Å². The molecule has 0 spiro atoms. The van der Waals surface area contributed by atoms with Crippen LogP contribution in [-0.2, 0) is 16.6 Å². The normalized spacial score (nSPS) is 16.7. The Balaban J connectivity index is 2.34. The van der Waals surface area contributed by atoms with Gasteiger partial charge in [0.1, 0.15) is 0 Å². The highest BCUT2D eigenvalue weighted by atomic mass is 16.2. The molecule has 1 aliphatic rings. The van der Waals surface area contributed by atoms with Crippen molar-refractivity contribution in [3.63, 3.8) is 0 Å². The lowest BCUT2D eigenvalue weighted by atomic mass is 9.84. The molecule has 0 saturated carbocycles. The Morgan fingerprint density at radius 1 is 1.42 bits per heavy atom. The average Bonchev–Trinajstić information content (AvgIpc) is 2.64. The van der Waals surface area contributed by atoms with Gasteiger partial charge in [0.05, 0.1) is 6.42 Å². The van der Waals surface area contributed by atoms with Gasteiger partial charge in [0, 0.05) is 30.2 Å². The van der Waals surface area contributed by atoms with Crippen molar-refractivity contribution in [1.29, 1.82) is 0 Å².